The highest BCUT2D eigenvalue weighted by atomic mass is 32.2. The van der Waals surface area contributed by atoms with Crippen molar-refractivity contribution >= 4 is 15.7 Å². The van der Waals surface area contributed by atoms with E-state index in [1.54, 1.807) is 18.2 Å². The van der Waals surface area contributed by atoms with Crippen LogP contribution in [0.1, 0.15) is 48.5 Å². The molecule has 0 saturated heterocycles. The summed E-state index contributed by atoms with van der Waals surface area (Å²) in [7, 11) is -3.14. The Labute approximate surface area is 120 Å². The summed E-state index contributed by atoms with van der Waals surface area (Å²) in [4.78, 5) is 12.4. The van der Waals surface area contributed by atoms with Gasteiger partial charge in [-0.25, -0.2) is 8.42 Å². The third-order valence-corrected chi connectivity index (χ3v) is 5.48. The molecule has 1 aromatic rings. The van der Waals surface area contributed by atoms with Crippen molar-refractivity contribution < 1.29 is 13.2 Å². The molecule has 1 amide bonds. The first-order chi connectivity index (χ1) is 9.54. The predicted octanol–water partition coefficient (Wildman–Crippen LogP) is 2.33. The molecule has 4 nitrogen and oxygen atoms in total. The topological polar surface area (TPSA) is 63.2 Å². The lowest BCUT2D eigenvalue weighted by Gasteiger charge is -2.17. The summed E-state index contributed by atoms with van der Waals surface area (Å²) in [5.41, 5.74) is 1.33. The number of aryl methyl sites for hydroxylation is 1. The minimum atomic E-state index is -3.14. The van der Waals surface area contributed by atoms with E-state index in [1.165, 1.54) is 0 Å². The van der Waals surface area contributed by atoms with Crippen LogP contribution in [0.25, 0.3) is 0 Å². The lowest BCUT2D eigenvalue weighted by atomic mass is 10.1. The molecule has 0 radical (unpaired) electrons. The first-order valence-electron chi connectivity index (χ1n) is 7.18. The van der Waals surface area contributed by atoms with E-state index in [4.69, 9.17) is 0 Å². The first-order valence-corrected chi connectivity index (χ1v) is 8.83. The van der Waals surface area contributed by atoms with E-state index in [0.717, 1.165) is 31.2 Å². The molecule has 0 bridgehead atoms. The minimum absolute atomic E-state index is 0.119. The van der Waals surface area contributed by atoms with E-state index in [2.05, 4.69) is 12.2 Å². The van der Waals surface area contributed by atoms with Crippen LogP contribution in [-0.2, 0) is 16.3 Å². The number of unbranched alkanes of at least 4 members (excludes halogenated alkanes) is 2. The number of benzene rings is 1. The van der Waals surface area contributed by atoms with Gasteiger partial charge in [-0.3, -0.25) is 4.79 Å². The number of hydrogen-bond donors (Lipinski definition) is 1. The smallest absolute Gasteiger partial charge is 0.251 e. The number of carbonyl (C=O) groups excluding carboxylic acids is 1. The van der Waals surface area contributed by atoms with Crippen LogP contribution in [0.4, 0.5) is 0 Å². The SMILES string of the molecule is CCCCCNC(=O)c1ccc2c(c1)CCCS2(=O)=O. The summed E-state index contributed by atoms with van der Waals surface area (Å²) in [6, 6.07) is 4.91. The maximum atomic E-state index is 12.0. The Kier molecular flexibility index (Phi) is 4.81. The molecule has 110 valence electrons. The lowest BCUT2D eigenvalue weighted by Crippen LogP contribution is -2.25. The molecule has 20 heavy (non-hydrogen) atoms. The second-order valence-corrected chi connectivity index (χ2v) is 7.29. The maximum absolute atomic E-state index is 12.0. The Hall–Kier alpha value is -1.36. The van der Waals surface area contributed by atoms with Crippen LogP contribution in [0.3, 0.4) is 0 Å². The zero-order chi connectivity index (χ0) is 14.6. The Morgan fingerprint density at radius 2 is 2.10 bits per heavy atom. The van der Waals surface area contributed by atoms with Gasteiger partial charge in [0.2, 0.25) is 0 Å². The van der Waals surface area contributed by atoms with E-state index in [1.807, 2.05) is 0 Å². The van der Waals surface area contributed by atoms with E-state index < -0.39 is 9.84 Å². The molecule has 0 atom stereocenters. The van der Waals surface area contributed by atoms with Crippen molar-refractivity contribution in [3.05, 3.63) is 29.3 Å². The average Bonchev–Trinajstić information content (AvgIpc) is 2.42. The van der Waals surface area contributed by atoms with Crippen LogP contribution in [0.2, 0.25) is 0 Å². The Balaban J connectivity index is 2.09. The van der Waals surface area contributed by atoms with Crippen LogP contribution >= 0.6 is 0 Å². The molecule has 1 aliphatic heterocycles. The molecule has 1 heterocycles. The Morgan fingerprint density at radius 3 is 2.85 bits per heavy atom. The van der Waals surface area contributed by atoms with Crippen molar-refractivity contribution in [1.82, 2.24) is 5.32 Å². The Morgan fingerprint density at radius 1 is 1.30 bits per heavy atom. The van der Waals surface area contributed by atoms with E-state index in [9.17, 15) is 13.2 Å². The van der Waals surface area contributed by atoms with Gasteiger partial charge in [-0.15, -0.1) is 0 Å². The van der Waals surface area contributed by atoms with Gasteiger partial charge >= 0.3 is 0 Å². The van der Waals surface area contributed by atoms with Crippen molar-refractivity contribution in [3.63, 3.8) is 0 Å². The van der Waals surface area contributed by atoms with Crippen LogP contribution in [0, 0.1) is 0 Å². The molecule has 2 rings (SSSR count). The molecule has 5 heteroatoms. The first kappa shape index (κ1) is 15.0. The molecule has 1 N–H and O–H groups in total. The molecular formula is C15H21NO3S. The summed E-state index contributed by atoms with van der Waals surface area (Å²) >= 11 is 0. The number of fused-ring (bicyclic) bond motifs is 1. The molecule has 1 aromatic carbocycles. The molecule has 0 spiro atoms. The highest BCUT2D eigenvalue weighted by molar-refractivity contribution is 7.91. The van der Waals surface area contributed by atoms with Crippen molar-refractivity contribution in [3.8, 4) is 0 Å². The van der Waals surface area contributed by atoms with Crippen LogP contribution in [0.15, 0.2) is 23.1 Å². The standard InChI is InChI=1S/C15H21NO3S/c1-2-3-4-9-16-15(17)13-7-8-14-12(11-13)6-5-10-20(14,18)19/h7-8,11H,2-6,9-10H2,1H3,(H,16,17). The van der Waals surface area contributed by atoms with Gasteiger partial charge in [0.1, 0.15) is 0 Å². The number of sulfone groups is 1. The third kappa shape index (κ3) is 3.39. The van der Waals surface area contributed by atoms with E-state index >= 15 is 0 Å². The van der Waals surface area contributed by atoms with Gasteiger partial charge in [-0.1, -0.05) is 19.8 Å². The zero-order valence-corrected chi connectivity index (χ0v) is 12.6. The highest BCUT2D eigenvalue weighted by Gasteiger charge is 2.24. The third-order valence-electron chi connectivity index (χ3n) is 3.58. The van der Waals surface area contributed by atoms with Gasteiger partial charge in [0.05, 0.1) is 10.6 Å². The van der Waals surface area contributed by atoms with Crippen molar-refractivity contribution in [2.24, 2.45) is 0 Å². The average molecular weight is 295 g/mol. The molecule has 0 aliphatic carbocycles. The van der Waals surface area contributed by atoms with Crippen LogP contribution < -0.4 is 5.32 Å². The number of rotatable bonds is 5. The number of carbonyl (C=O) groups is 1. The number of nitrogens with one attached hydrogen (secondary N) is 1. The quantitative estimate of drug-likeness (QED) is 0.848. The van der Waals surface area contributed by atoms with Crippen LogP contribution in [0.5, 0.6) is 0 Å². The van der Waals surface area contributed by atoms with Gasteiger partial charge in [0.25, 0.3) is 5.91 Å². The van der Waals surface area contributed by atoms with Gasteiger partial charge in [0.15, 0.2) is 9.84 Å². The molecule has 0 aromatic heterocycles. The fourth-order valence-corrected chi connectivity index (χ4v) is 4.04. The monoisotopic (exact) mass is 295 g/mol. The fraction of sp³-hybridized carbons (Fsp3) is 0.533. The van der Waals surface area contributed by atoms with Gasteiger partial charge in [-0.2, -0.15) is 0 Å². The molecule has 0 unspecified atom stereocenters. The van der Waals surface area contributed by atoms with E-state index in [0.29, 0.717) is 23.4 Å². The van der Waals surface area contributed by atoms with Crippen molar-refractivity contribution in [2.75, 3.05) is 12.3 Å². The lowest BCUT2D eigenvalue weighted by molar-refractivity contribution is 0.0952. The van der Waals surface area contributed by atoms with Gasteiger partial charge < -0.3 is 5.32 Å². The molecule has 0 saturated carbocycles. The summed E-state index contributed by atoms with van der Waals surface area (Å²) < 4.78 is 23.8. The molecular weight excluding hydrogens is 274 g/mol. The minimum Gasteiger partial charge on any atom is -0.352 e. The number of amides is 1. The Bertz CT molecular complexity index is 593. The molecule has 1 aliphatic rings. The second-order valence-electron chi connectivity index (χ2n) is 5.21. The van der Waals surface area contributed by atoms with Gasteiger partial charge in [0, 0.05) is 12.1 Å². The van der Waals surface area contributed by atoms with Crippen molar-refractivity contribution in [2.45, 2.75) is 43.9 Å². The summed E-state index contributed by atoms with van der Waals surface area (Å²) in [6.07, 6.45) is 4.55. The second kappa shape index (κ2) is 6.39. The normalized spacial score (nSPS) is 16.4. The number of hydrogen-bond acceptors (Lipinski definition) is 3. The molecule has 0 fully saturated rings. The predicted molar refractivity (Wildman–Crippen MR) is 78.7 cm³/mol. The summed E-state index contributed by atoms with van der Waals surface area (Å²) in [5.74, 6) is 0.0922. The van der Waals surface area contributed by atoms with Gasteiger partial charge in [-0.05, 0) is 43.0 Å². The summed E-state index contributed by atoms with van der Waals surface area (Å²) in [6.45, 7) is 2.79. The van der Waals surface area contributed by atoms with Crippen LogP contribution in [-0.4, -0.2) is 26.6 Å². The fourth-order valence-electron chi connectivity index (χ4n) is 2.46. The van der Waals surface area contributed by atoms with Crippen molar-refractivity contribution in [1.29, 1.82) is 0 Å². The summed E-state index contributed by atoms with van der Waals surface area (Å²) in [5, 5.41) is 2.87. The highest BCUT2D eigenvalue weighted by Crippen LogP contribution is 2.25. The maximum Gasteiger partial charge on any atom is 0.251 e. The zero-order valence-electron chi connectivity index (χ0n) is 11.8. The van der Waals surface area contributed by atoms with E-state index in [-0.39, 0.29) is 11.7 Å². The largest absolute Gasteiger partial charge is 0.352 e.